The van der Waals surface area contributed by atoms with E-state index in [2.05, 4.69) is 0 Å². The lowest BCUT2D eigenvalue weighted by molar-refractivity contribution is 0.194. The van der Waals surface area contributed by atoms with Crippen molar-refractivity contribution in [1.82, 2.24) is 0 Å². The van der Waals surface area contributed by atoms with E-state index in [0.29, 0.717) is 0 Å². The van der Waals surface area contributed by atoms with Gasteiger partial charge in [-0.05, 0) is 30.8 Å². The molecule has 0 saturated carbocycles. The second-order valence-electron chi connectivity index (χ2n) is 2.35. The van der Waals surface area contributed by atoms with Crippen LogP contribution in [0.5, 0.6) is 0 Å². The molecule has 0 aromatic rings. The molecule has 0 aliphatic heterocycles. The number of thioether (sulfide) groups is 1. The lowest BCUT2D eigenvalue weighted by Gasteiger charge is -1.99. The molecular formula is C8H17ClOS. The molecule has 0 aliphatic rings. The first-order chi connectivity index (χ1) is 5.41. The molecule has 0 aliphatic carbocycles. The molecule has 0 heterocycles. The lowest BCUT2D eigenvalue weighted by atomic mass is 10.4. The summed E-state index contributed by atoms with van der Waals surface area (Å²) in [5.41, 5.74) is 0. The van der Waals surface area contributed by atoms with Crippen molar-refractivity contribution in [3.05, 3.63) is 0 Å². The third-order valence-electron chi connectivity index (χ3n) is 1.31. The van der Waals surface area contributed by atoms with E-state index >= 15 is 0 Å². The summed E-state index contributed by atoms with van der Waals surface area (Å²) in [6, 6.07) is 0. The van der Waals surface area contributed by atoms with Crippen LogP contribution in [0.4, 0.5) is 0 Å². The molecular weight excluding hydrogens is 180 g/mol. The third kappa shape index (κ3) is 10.6. The van der Waals surface area contributed by atoms with E-state index in [9.17, 15) is 0 Å². The number of hydrogen-bond donors (Lipinski definition) is 0. The average molecular weight is 197 g/mol. The van der Waals surface area contributed by atoms with Gasteiger partial charge in [0.1, 0.15) is 0 Å². The lowest BCUT2D eigenvalue weighted by Crippen LogP contribution is -1.90. The van der Waals surface area contributed by atoms with Crippen molar-refractivity contribution in [1.29, 1.82) is 0 Å². The standard InChI is InChI=1S/C8H17ClOS/c1-10-6-2-3-7-11-8-4-5-9/h2-8H2,1H3. The summed E-state index contributed by atoms with van der Waals surface area (Å²) in [5, 5.41) is 0. The number of hydrogen-bond acceptors (Lipinski definition) is 2. The fraction of sp³-hybridized carbons (Fsp3) is 1.00. The van der Waals surface area contributed by atoms with Gasteiger partial charge in [-0.2, -0.15) is 11.8 Å². The van der Waals surface area contributed by atoms with E-state index in [1.807, 2.05) is 11.8 Å². The molecule has 0 spiro atoms. The van der Waals surface area contributed by atoms with Gasteiger partial charge in [0, 0.05) is 19.6 Å². The summed E-state index contributed by atoms with van der Waals surface area (Å²) >= 11 is 7.52. The fourth-order valence-electron chi connectivity index (χ4n) is 0.709. The number of halogens is 1. The molecule has 11 heavy (non-hydrogen) atoms. The van der Waals surface area contributed by atoms with E-state index in [0.717, 1.165) is 18.9 Å². The predicted molar refractivity (Wildman–Crippen MR) is 53.8 cm³/mol. The smallest absolute Gasteiger partial charge is 0.0462 e. The summed E-state index contributed by atoms with van der Waals surface area (Å²) in [5.74, 6) is 3.25. The third-order valence-corrected chi connectivity index (χ3v) is 2.73. The molecule has 0 rings (SSSR count). The van der Waals surface area contributed by atoms with Crippen molar-refractivity contribution >= 4 is 23.4 Å². The maximum Gasteiger partial charge on any atom is 0.0462 e. The van der Waals surface area contributed by atoms with E-state index in [-0.39, 0.29) is 0 Å². The normalized spacial score (nSPS) is 10.4. The summed E-state index contributed by atoms with van der Waals surface area (Å²) in [7, 11) is 1.75. The molecule has 3 heteroatoms. The maximum absolute atomic E-state index is 5.53. The molecule has 68 valence electrons. The molecule has 0 saturated heterocycles. The summed E-state index contributed by atoms with van der Waals surface area (Å²) in [6.07, 6.45) is 3.58. The molecule has 1 nitrogen and oxygen atoms in total. The van der Waals surface area contributed by atoms with Gasteiger partial charge in [-0.25, -0.2) is 0 Å². The Balaban J connectivity index is 2.69. The van der Waals surface area contributed by atoms with Gasteiger partial charge in [0.2, 0.25) is 0 Å². The highest BCUT2D eigenvalue weighted by Gasteiger charge is 1.89. The number of methoxy groups -OCH3 is 1. The Morgan fingerprint density at radius 3 is 2.55 bits per heavy atom. The van der Waals surface area contributed by atoms with Gasteiger partial charge in [-0.1, -0.05) is 0 Å². The molecule has 0 atom stereocenters. The van der Waals surface area contributed by atoms with Crippen LogP contribution in [0.2, 0.25) is 0 Å². The Morgan fingerprint density at radius 2 is 1.91 bits per heavy atom. The van der Waals surface area contributed by atoms with Crippen molar-refractivity contribution in [2.45, 2.75) is 19.3 Å². The van der Waals surface area contributed by atoms with Crippen LogP contribution < -0.4 is 0 Å². The summed E-state index contributed by atoms with van der Waals surface area (Å²) < 4.78 is 4.94. The number of rotatable bonds is 8. The van der Waals surface area contributed by atoms with Crippen molar-refractivity contribution in [3.8, 4) is 0 Å². The molecule has 0 amide bonds. The van der Waals surface area contributed by atoms with Crippen LogP contribution in [0.25, 0.3) is 0 Å². The fourth-order valence-corrected chi connectivity index (χ4v) is 1.96. The number of ether oxygens (including phenoxy) is 1. The highest BCUT2D eigenvalue weighted by Crippen LogP contribution is 2.06. The quantitative estimate of drug-likeness (QED) is 0.436. The van der Waals surface area contributed by atoms with Crippen LogP contribution in [0.1, 0.15) is 19.3 Å². The maximum atomic E-state index is 5.53. The first-order valence-corrected chi connectivity index (χ1v) is 5.73. The van der Waals surface area contributed by atoms with Gasteiger partial charge in [0.05, 0.1) is 0 Å². The van der Waals surface area contributed by atoms with Gasteiger partial charge in [0.15, 0.2) is 0 Å². The van der Waals surface area contributed by atoms with Gasteiger partial charge < -0.3 is 4.74 Å². The van der Waals surface area contributed by atoms with E-state index in [1.54, 1.807) is 7.11 Å². The topological polar surface area (TPSA) is 9.23 Å². The Kier molecular flexibility index (Phi) is 11.2. The Morgan fingerprint density at radius 1 is 1.18 bits per heavy atom. The molecule has 0 aromatic carbocycles. The van der Waals surface area contributed by atoms with Gasteiger partial charge in [0.25, 0.3) is 0 Å². The van der Waals surface area contributed by atoms with Crippen molar-refractivity contribution in [2.24, 2.45) is 0 Å². The summed E-state index contributed by atoms with van der Waals surface area (Å²) in [4.78, 5) is 0. The largest absolute Gasteiger partial charge is 0.385 e. The second kappa shape index (κ2) is 10.6. The molecule has 0 bridgehead atoms. The van der Waals surface area contributed by atoms with E-state index < -0.39 is 0 Å². The van der Waals surface area contributed by atoms with Crippen LogP contribution >= 0.6 is 23.4 Å². The van der Waals surface area contributed by atoms with Gasteiger partial charge in [-0.3, -0.25) is 0 Å². The molecule has 0 aromatic heterocycles. The van der Waals surface area contributed by atoms with Crippen LogP contribution in [-0.4, -0.2) is 31.1 Å². The second-order valence-corrected chi connectivity index (χ2v) is 3.96. The van der Waals surface area contributed by atoms with Crippen LogP contribution in [0.15, 0.2) is 0 Å². The molecule has 0 fully saturated rings. The first kappa shape index (κ1) is 11.6. The van der Waals surface area contributed by atoms with Crippen molar-refractivity contribution in [2.75, 3.05) is 31.1 Å². The predicted octanol–water partition coefficient (Wildman–Crippen LogP) is 2.78. The number of alkyl halides is 1. The Bertz CT molecular complexity index is 63.1. The van der Waals surface area contributed by atoms with Gasteiger partial charge >= 0.3 is 0 Å². The average Bonchev–Trinajstić information content (AvgIpc) is 2.03. The minimum Gasteiger partial charge on any atom is -0.385 e. The summed E-state index contributed by atoms with van der Waals surface area (Å²) in [6.45, 7) is 0.899. The monoisotopic (exact) mass is 196 g/mol. The van der Waals surface area contributed by atoms with Crippen LogP contribution in [0.3, 0.4) is 0 Å². The molecule has 0 unspecified atom stereocenters. The SMILES string of the molecule is COCCCCSCCCCl. The van der Waals surface area contributed by atoms with E-state index in [4.69, 9.17) is 16.3 Å². The Labute approximate surface area is 78.8 Å². The molecule has 0 radical (unpaired) electrons. The van der Waals surface area contributed by atoms with Crippen molar-refractivity contribution in [3.63, 3.8) is 0 Å². The van der Waals surface area contributed by atoms with E-state index in [1.165, 1.54) is 24.3 Å². The van der Waals surface area contributed by atoms with Crippen LogP contribution in [0, 0.1) is 0 Å². The minimum absolute atomic E-state index is 0.797. The zero-order valence-electron chi connectivity index (χ0n) is 7.14. The van der Waals surface area contributed by atoms with Gasteiger partial charge in [-0.15, -0.1) is 11.6 Å². The number of unbranched alkanes of at least 4 members (excludes halogenated alkanes) is 1. The van der Waals surface area contributed by atoms with Crippen molar-refractivity contribution < 1.29 is 4.74 Å². The van der Waals surface area contributed by atoms with Crippen LogP contribution in [-0.2, 0) is 4.74 Å². The Hall–Kier alpha value is 0.600. The zero-order valence-corrected chi connectivity index (χ0v) is 8.72. The first-order valence-electron chi connectivity index (χ1n) is 4.04. The zero-order chi connectivity index (χ0) is 8.36. The minimum atomic E-state index is 0.797. The molecule has 0 N–H and O–H groups in total. The highest BCUT2D eigenvalue weighted by atomic mass is 35.5. The highest BCUT2D eigenvalue weighted by molar-refractivity contribution is 7.99.